The van der Waals surface area contributed by atoms with Crippen molar-refractivity contribution in [1.29, 1.82) is 0 Å². The third-order valence-corrected chi connectivity index (χ3v) is 14.0. The Bertz CT molecular complexity index is 1570. The minimum Gasteiger partial charge on any atom is -0.462 e. The van der Waals surface area contributed by atoms with Gasteiger partial charge in [0.05, 0.1) is 0 Å². The van der Waals surface area contributed by atoms with Gasteiger partial charge in [-0.3, -0.25) is 14.4 Å². The molecule has 0 aliphatic heterocycles. The summed E-state index contributed by atoms with van der Waals surface area (Å²) >= 11 is 0. The molecule has 0 aliphatic carbocycles. The smallest absolute Gasteiger partial charge is 0.306 e. The van der Waals surface area contributed by atoms with E-state index in [1.54, 1.807) is 0 Å². The van der Waals surface area contributed by atoms with Crippen LogP contribution in [0, 0.1) is 0 Å². The van der Waals surface area contributed by atoms with Crippen LogP contribution in [0.1, 0.15) is 310 Å². The van der Waals surface area contributed by atoms with Crippen molar-refractivity contribution in [2.24, 2.45) is 0 Å². The van der Waals surface area contributed by atoms with Gasteiger partial charge in [-0.05, 0) is 122 Å². The van der Waals surface area contributed by atoms with Gasteiger partial charge < -0.3 is 14.2 Å². The Kier molecular flexibility index (Phi) is 62.3. The summed E-state index contributed by atoms with van der Waals surface area (Å²) in [5.41, 5.74) is 0. The number of hydrogen-bond donors (Lipinski definition) is 0. The van der Waals surface area contributed by atoms with Crippen LogP contribution in [-0.2, 0) is 28.6 Å². The molecule has 0 amide bonds. The van der Waals surface area contributed by atoms with Crippen molar-refractivity contribution in [2.75, 3.05) is 13.2 Å². The molecular weight excluding hydrogens is 961 g/mol. The van der Waals surface area contributed by atoms with Crippen molar-refractivity contribution in [2.45, 2.75) is 316 Å². The molecule has 78 heavy (non-hydrogen) atoms. The largest absolute Gasteiger partial charge is 0.462 e. The molecule has 0 aliphatic rings. The number of allylic oxidation sites excluding steroid dienone is 18. The van der Waals surface area contributed by atoms with Gasteiger partial charge in [0.1, 0.15) is 13.2 Å². The van der Waals surface area contributed by atoms with Gasteiger partial charge in [0, 0.05) is 19.3 Å². The molecule has 0 saturated heterocycles. The molecule has 0 heterocycles. The average Bonchev–Trinajstić information content (AvgIpc) is 3.44. The minimum atomic E-state index is -0.788. The molecule has 0 rings (SSSR count). The van der Waals surface area contributed by atoms with Crippen LogP contribution in [0.4, 0.5) is 0 Å². The van der Waals surface area contributed by atoms with E-state index in [1.165, 1.54) is 148 Å². The van der Waals surface area contributed by atoms with Gasteiger partial charge in [-0.25, -0.2) is 0 Å². The number of hydrogen-bond acceptors (Lipinski definition) is 6. The molecule has 0 fully saturated rings. The summed E-state index contributed by atoms with van der Waals surface area (Å²) in [4.78, 5) is 38.3. The van der Waals surface area contributed by atoms with Crippen LogP contribution in [0.15, 0.2) is 109 Å². The first kappa shape index (κ1) is 74.1. The Morgan fingerprint density at radius 2 is 0.526 bits per heavy atom. The average molecular weight is 1080 g/mol. The highest BCUT2D eigenvalue weighted by Crippen LogP contribution is 2.16. The number of carbonyl (C=O) groups is 3. The molecule has 6 heteroatoms. The predicted octanol–water partition coefficient (Wildman–Crippen LogP) is 22.6. The van der Waals surface area contributed by atoms with E-state index in [2.05, 4.69) is 130 Å². The van der Waals surface area contributed by atoms with Gasteiger partial charge >= 0.3 is 17.9 Å². The van der Waals surface area contributed by atoms with Crippen molar-refractivity contribution >= 4 is 17.9 Å². The first-order valence-electron chi connectivity index (χ1n) is 32.9. The zero-order valence-corrected chi connectivity index (χ0v) is 51.2. The highest BCUT2D eigenvalue weighted by atomic mass is 16.6. The van der Waals surface area contributed by atoms with Crippen LogP contribution in [-0.4, -0.2) is 37.2 Å². The number of carbonyl (C=O) groups excluding carboxylic acids is 3. The van der Waals surface area contributed by atoms with Gasteiger partial charge in [0.2, 0.25) is 0 Å². The van der Waals surface area contributed by atoms with Crippen molar-refractivity contribution < 1.29 is 28.6 Å². The van der Waals surface area contributed by atoms with Gasteiger partial charge in [-0.15, -0.1) is 0 Å². The van der Waals surface area contributed by atoms with Crippen LogP contribution >= 0.6 is 0 Å². The maximum Gasteiger partial charge on any atom is 0.306 e. The molecule has 0 radical (unpaired) electrons. The molecule has 0 aromatic rings. The second kappa shape index (κ2) is 65.6. The Morgan fingerprint density at radius 3 is 0.846 bits per heavy atom. The van der Waals surface area contributed by atoms with E-state index in [9.17, 15) is 14.4 Å². The third-order valence-electron chi connectivity index (χ3n) is 14.0. The van der Waals surface area contributed by atoms with Crippen LogP contribution in [0.2, 0.25) is 0 Å². The van der Waals surface area contributed by atoms with E-state index in [0.29, 0.717) is 19.3 Å². The van der Waals surface area contributed by atoms with E-state index in [0.717, 1.165) is 122 Å². The maximum absolute atomic E-state index is 12.9. The van der Waals surface area contributed by atoms with E-state index in [4.69, 9.17) is 14.2 Å². The van der Waals surface area contributed by atoms with Crippen molar-refractivity contribution in [3.8, 4) is 0 Å². The molecule has 446 valence electrons. The van der Waals surface area contributed by atoms with Crippen LogP contribution in [0.5, 0.6) is 0 Å². The monoisotopic (exact) mass is 1080 g/mol. The predicted molar refractivity (Wildman–Crippen MR) is 339 cm³/mol. The van der Waals surface area contributed by atoms with E-state index in [-0.39, 0.29) is 31.1 Å². The summed E-state index contributed by atoms with van der Waals surface area (Å²) in [5, 5.41) is 0. The van der Waals surface area contributed by atoms with Gasteiger partial charge in [-0.1, -0.05) is 278 Å². The lowest BCUT2D eigenvalue weighted by Crippen LogP contribution is -2.30. The topological polar surface area (TPSA) is 78.9 Å². The number of unbranched alkanes of at least 4 members (excludes halogenated alkanes) is 30. The second-order valence-corrected chi connectivity index (χ2v) is 21.6. The highest BCUT2D eigenvalue weighted by Gasteiger charge is 2.19. The normalized spacial score (nSPS) is 12.8. The summed E-state index contributed by atoms with van der Waals surface area (Å²) in [7, 11) is 0. The van der Waals surface area contributed by atoms with Gasteiger partial charge in [0.25, 0.3) is 0 Å². The van der Waals surface area contributed by atoms with Crippen LogP contribution in [0.3, 0.4) is 0 Å². The maximum atomic E-state index is 12.9. The third kappa shape index (κ3) is 62.9. The van der Waals surface area contributed by atoms with Gasteiger partial charge in [0.15, 0.2) is 6.10 Å². The Morgan fingerprint density at radius 1 is 0.269 bits per heavy atom. The molecule has 0 spiro atoms. The summed E-state index contributed by atoms with van der Waals surface area (Å²) in [6.07, 6.45) is 89.6. The van der Waals surface area contributed by atoms with Gasteiger partial charge in [-0.2, -0.15) is 0 Å². The fourth-order valence-electron chi connectivity index (χ4n) is 9.07. The second-order valence-electron chi connectivity index (χ2n) is 21.6. The SMILES string of the molecule is CC/C=C\C/C=C\C/C=C\C/C=C\C/C=C\CCCCCCCCCCCC(=O)OCC(COC(=O)CCCCCCC/C=C\CCC)OC(=O)CCCCCCCCCCCC/C=C\C/C=C\C/C=C\CCCCCCC. The summed E-state index contributed by atoms with van der Waals surface area (Å²) < 4.78 is 16.9. The zero-order chi connectivity index (χ0) is 56.4. The molecule has 1 unspecified atom stereocenters. The first-order chi connectivity index (χ1) is 38.5. The van der Waals surface area contributed by atoms with E-state index >= 15 is 0 Å². The lowest BCUT2D eigenvalue weighted by atomic mass is 10.0. The summed E-state index contributed by atoms with van der Waals surface area (Å²) in [5.74, 6) is -0.899. The Labute approximate surface area is 482 Å². The molecule has 0 saturated carbocycles. The van der Waals surface area contributed by atoms with Crippen molar-refractivity contribution in [3.05, 3.63) is 109 Å². The molecule has 0 aromatic carbocycles. The molecule has 0 N–H and O–H groups in total. The molecule has 0 bridgehead atoms. The van der Waals surface area contributed by atoms with E-state index in [1.807, 2.05) is 0 Å². The standard InChI is InChI=1S/C72H122O6/c1-4-7-10-13-16-19-22-24-26-28-30-32-34-36-38-40-42-44-46-48-50-53-56-59-62-65-71(74)77-68-69(67-76-70(73)64-61-58-55-52-21-18-15-12-9-6-3)78-72(75)66-63-60-57-54-51-49-47-45-43-41-39-37-35-33-31-29-27-25-23-20-17-14-11-8-5-2/h7,10,12,15-16,19,23-26,29-32,35-38,69H,4-6,8-9,11,13-14,17-18,20-22,27-28,33-34,39-68H2,1-3H3/b10-7-,15-12-,19-16-,25-23-,26-24-,31-29-,32-30-,37-35-,38-36-. The summed E-state index contributed by atoms with van der Waals surface area (Å²) in [6, 6.07) is 0. The summed E-state index contributed by atoms with van der Waals surface area (Å²) in [6.45, 7) is 6.46. The van der Waals surface area contributed by atoms with Crippen LogP contribution < -0.4 is 0 Å². The number of esters is 3. The number of rotatable bonds is 59. The minimum absolute atomic E-state index is 0.0857. The Hall–Kier alpha value is -3.93. The lowest BCUT2D eigenvalue weighted by Gasteiger charge is -2.18. The molecule has 0 aromatic heterocycles. The van der Waals surface area contributed by atoms with Crippen LogP contribution in [0.25, 0.3) is 0 Å². The quantitative estimate of drug-likeness (QED) is 0.0261. The first-order valence-corrected chi connectivity index (χ1v) is 32.9. The lowest BCUT2D eigenvalue weighted by molar-refractivity contribution is -0.167. The molecular formula is C72H122O6. The fourth-order valence-corrected chi connectivity index (χ4v) is 9.07. The highest BCUT2D eigenvalue weighted by molar-refractivity contribution is 5.71. The Balaban J connectivity index is 4.27. The molecule has 6 nitrogen and oxygen atoms in total. The van der Waals surface area contributed by atoms with E-state index < -0.39 is 6.10 Å². The number of ether oxygens (including phenoxy) is 3. The van der Waals surface area contributed by atoms with Crippen molar-refractivity contribution in [1.82, 2.24) is 0 Å². The fraction of sp³-hybridized carbons (Fsp3) is 0.708. The molecule has 1 atom stereocenters. The zero-order valence-electron chi connectivity index (χ0n) is 51.2. The van der Waals surface area contributed by atoms with Crippen molar-refractivity contribution in [3.63, 3.8) is 0 Å².